The highest BCUT2D eigenvalue weighted by Crippen LogP contribution is 2.69. The monoisotopic (exact) mass is 434 g/mol. The maximum absolute atomic E-state index is 11.8. The molecular weight excluding hydrogens is 384 g/mol. The Labute approximate surface area is 191 Å². The standard InChI is InChI=1S/C28H50O3/c1-18(2)8-7-9-19(3)22-10-11-23-21-16-25(29)28(30)17-20(31-6)12-15-27(28,5)24(21)13-14-26(22,23)4/h18-25,29-30H,7-17H2,1-6H3/t19-,20+,21+,22-,23+,24+,25?,26-,27-,28+/m1/s1. The molecule has 10 atom stereocenters. The molecular formula is C28H50O3. The van der Waals surface area contributed by atoms with Gasteiger partial charge in [0.15, 0.2) is 0 Å². The fourth-order valence-corrected chi connectivity index (χ4v) is 9.47. The summed E-state index contributed by atoms with van der Waals surface area (Å²) in [6.45, 7) is 12.1. The SMILES string of the molecule is CO[C@H]1CC[C@]2(C)[C@H]3CC[C@]4(C)[C@@H]([C@H](C)CCCC(C)C)CC[C@H]4[C@@H]3CC(O)[C@@]2(O)C1. The quantitative estimate of drug-likeness (QED) is 0.522. The van der Waals surface area contributed by atoms with E-state index < -0.39 is 11.7 Å². The average Bonchev–Trinajstić information content (AvgIpc) is 3.06. The third-order valence-electron chi connectivity index (χ3n) is 11.4. The van der Waals surface area contributed by atoms with Crippen LogP contribution in [-0.4, -0.2) is 35.1 Å². The molecule has 4 rings (SSSR count). The van der Waals surface area contributed by atoms with Crippen LogP contribution >= 0.6 is 0 Å². The van der Waals surface area contributed by atoms with Gasteiger partial charge in [0.1, 0.15) is 0 Å². The molecule has 0 aliphatic heterocycles. The smallest absolute Gasteiger partial charge is 0.0986 e. The lowest BCUT2D eigenvalue weighted by Gasteiger charge is -2.65. The molecule has 4 saturated carbocycles. The molecule has 4 aliphatic rings. The highest BCUT2D eigenvalue weighted by molar-refractivity contribution is 5.17. The predicted octanol–water partition coefficient (Wildman–Crippen LogP) is 6.21. The van der Waals surface area contributed by atoms with Gasteiger partial charge >= 0.3 is 0 Å². The van der Waals surface area contributed by atoms with Crippen LogP contribution < -0.4 is 0 Å². The zero-order valence-corrected chi connectivity index (χ0v) is 21.2. The molecule has 0 bridgehead atoms. The first kappa shape index (κ1) is 24.0. The van der Waals surface area contributed by atoms with E-state index in [-0.39, 0.29) is 11.5 Å². The third-order valence-corrected chi connectivity index (χ3v) is 11.4. The molecule has 0 aromatic heterocycles. The van der Waals surface area contributed by atoms with Crippen LogP contribution in [0.1, 0.15) is 105 Å². The lowest BCUT2D eigenvalue weighted by Crippen LogP contribution is -2.68. The predicted molar refractivity (Wildman–Crippen MR) is 127 cm³/mol. The maximum atomic E-state index is 11.8. The van der Waals surface area contributed by atoms with E-state index in [1.54, 1.807) is 7.11 Å². The Morgan fingerprint density at radius 1 is 0.968 bits per heavy atom. The molecule has 0 amide bonds. The van der Waals surface area contributed by atoms with Crippen molar-refractivity contribution in [1.29, 1.82) is 0 Å². The van der Waals surface area contributed by atoms with Crippen molar-refractivity contribution in [2.24, 2.45) is 46.3 Å². The molecule has 4 aliphatic carbocycles. The van der Waals surface area contributed by atoms with E-state index in [1.807, 2.05) is 0 Å². The minimum atomic E-state index is -0.983. The van der Waals surface area contributed by atoms with Crippen LogP contribution in [0.4, 0.5) is 0 Å². The van der Waals surface area contributed by atoms with Crippen LogP contribution in [0, 0.1) is 46.3 Å². The molecule has 0 saturated heterocycles. The summed E-state index contributed by atoms with van der Waals surface area (Å²) in [5.74, 6) is 4.30. The summed E-state index contributed by atoms with van der Waals surface area (Å²) in [7, 11) is 1.75. The fourth-order valence-electron chi connectivity index (χ4n) is 9.47. The molecule has 180 valence electrons. The van der Waals surface area contributed by atoms with Crippen molar-refractivity contribution < 1.29 is 14.9 Å². The number of aliphatic hydroxyl groups excluding tert-OH is 1. The highest BCUT2D eigenvalue weighted by Gasteiger charge is 2.67. The number of fused-ring (bicyclic) bond motifs is 5. The van der Waals surface area contributed by atoms with E-state index in [0.717, 1.165) is 42.9 Å². The van der Waals surface area contributed by atoms with Gasteiger partial charge in [-0.05, 0) is 85.9 Å². The lowest BCUT2D eigenvalue weighted by molar-refractivity contribution is -0.266. The third kappa shape index (κ3) is 3.73. The maximum Gasteiger partial charge on any atom is 0.0986 e. The van der Waals surface area contributed by atoms with Crippen molar-refractivity contribution in [3.05, 3.63) is 0 Å². The zero-order chi connectivity index (χ0) is 22.6. The fraction of sp³-hybridized carbons (Fsp3) is 1.00. The van der Waals surface area contributed by atoms with Gasteiger partial charge in [0.25, 0.3) is 0 Å². The molecule has 2 N–H and O–H groups in total. The summed E-state index contributed by atoms with van der Waals surface area (Å²) >= 11 is 0. The number of rotatable bonds is 6. The van der Waals surface area contributed by atoms with Crippen LogP contribution in [0.2, 0.25) is 0 Å². The Morgan fingerprint density at radius 3 is 2.39 bits per heavy atom. The molecule has 0 spiro atoms. The molecule has 31 heavy (non-hydrogen) atoms. The van der Waals surface area contributed by atoms with E-state index in [9.17, 15) is 10.2 Å². The largest absolute Gasteiger partial charge is 0.390 e. The van der Waals surface area contributed by atoms with Gasteiger partial charge in [0, 0.05) is 18.9 Å². The van der Waals surface area contributed by atoms with Crippen LogP contribution in [-0.2, 0) is 4.74 Å². The number of hydrogen-bond donors (Lipinski definition) is 2. The first-order valence-corrected chi connectivity index (χ1v) is 13.5. The lowest BCUT2D eigenvalue weighted by atomic mass is 9.42. The topological polar surface area (TPSA) is 49.7 Å². The molecule has 3 heteroatoms. The van der Waals surface area contributed by atoms with Crippen molar-refractivity contribution in [3.63, 3.8) is 0 Å². The molecule has 1 unspecified atom stereocenters. The molecule has 3 nitrogen and oxygen atoms in total. The van der Waals surface area contributed by atoms with Crippen LogP contribution in [0.15, 0.2) is 0 Å². The normalized spacial score (nSPS) is 50.6. The van der Waals surface area contributed by atoms with Gasteiger partial charge in [0.2, 0.25) is 0 Å². The van der Waals surface area contributed by atoms with Crippen molar-refractivity contribution in [3.8, 4) is 0 Å². The second kappa shape index (κ2) is 8.58. The summed E-state index contributed by atoms with van der Waals surface area (Å²) in [6.07, 6.45) is 12.2. The van der Waals surface area contributed by atoms with Crippen LogP contribution in [0.3, 0.4) is 0 Å². The Morgan fingerprint density at radius 2 is 1.71 bits per heavy atom. The summed E-state index contributed by atoms with van der Waals surface area (Å²) in [6, 6.07) is 0. The van der Waals surface area contributed by atoms with E-state index in [4.69, 9.17) is 4.74 Å². The van der Waals surface area contributed by atoms with Gasteiger partial charge in [-0.25, -0.2) is 0 Å². The number of ether oxygens (including phenoxy) is 1. The van der Waals surface area contributed by atoms with Gasteiger partial charge in [-0.15, -0.1) is 0 Å². The number of methoxy groups -OCH3 is 1. The van der Waals surface area contributed by atoms with Gasteiger partial charge in [0.05, 0.1) is 17.8 Å². The average molecular weight is 435 g/mol. The van der Waals surface area contributed by atoms with Crippen molar-refractivity contribution in [1.82, 2.24) is 0 Å². The molecule has 0 aromatic rings. The zero-order valence-electron chi connectivity index (χ0n) is 21.2. The molecule has 0 heterocycles. The van der Waals surface area contributed by atoms with Gasteiger partial charge < -0.3 is 14.9 Å². The first-order chi connectivity index (χ1) is 14.6. The van der Waals surface area contributed by atoms with Crippen molar-refractivity contribution in [2.75, 3.05) is 7.11 Å². The highest BCUT2D eigenvalue weighted by atomic mass is 16.5. The Balaban J connectivity index is 1.53. The van der Waals surface area contributed by atoms with E-state index >= 15 is 0 Å². The number of hydrogen-bond acceptors (Lipinski definition) is 3. The summed E-state index contributed by atoms with van der Waals surface area (Å²) in [5, 5.41) is 23.1. The summed E-state index contributed by atoms with van der Waals surface area (Å²) < 4.78 is 5.64. The van der Waals surface area contributed by atoms with Crippen LogP contribution in [0.25, 0.3) is 0 Å². The van der Waals surface area contributed by atoms with Crippen molar-refractivity contribution in [2.45, 2.75) is 123 Å². The molecule has 0 aromatic carbocycles. The van der Waals surface area contributed by atoms with E-state index in [0.29, 0.717) is 23.7 Å². The minimum absolute atomic E-state index is 0.0840. The van der Waals surface area contributed by atoms with Gasteiger partial charge in [-0.1, -0.05) is 53.9 Å². The molecule has 0 radical (unpaired) electrons. The van der Waals surface area contributed by atoms with Gasteiger partial charge in [-0.3, -0.25) is 0 Å². The van der Waals surface area contributed by atoms with Gasteiger partial charge in [-0.2, -0.15) is 0 Å². The summed E-state index contributed by atoms with van der Waals surface area (Å²) in [4.78, 5) is 0. The van der Waals surface area contributed by atoms with Crippen LogP contribution in [0.5, 0.6) is 0 Å². The first-order valence-electron chi connectivity index (χ1n) is 13.5. The Kier molecular flexibility index (Phi) is 6.65. The Bertz CT molecular complexity index is 634. The minimum Gasteiger partial charge on any atom is -0.390 e. The second-order valence-corrected chi connectivity index (χ2v) is 13.1. The summed E-state index contributed by atoms with van der Waals surface area (Å²) in [5.41, 5.74) is -0.733. The van der Waals surface area contributed by atoms with E-state index in [2.05, 4.69) is 34.6 Å². The Hall–Kier alpha value is -0.120. The van der Waals surface area contributed by atoms with E-state index in [1.165, 1.54) is 44.9 Å². The number of aliphatic hydroxyl groups is 2. The van der Waals surface area contributed by atoms with Crippen molar-refractivity contribution >= 4 is 0 Å². The second-order valence-electron chi connectivity index (χ2n) is 13.1. The molecule has 4 fully saturated rings.